The highest BCUT2D eigenvalue weighted by atomic mass is 35.5. The van der Waals surface area contributed by atoms with Crippen LogP contribution >= 0.6 is 11.6 Å². The van der Waals surface area contributed by atoms with Gasteiger partial charge in [-0.25, -0.2) is 4.68 Å². The van der Waals surface area contributed by atoms with Gasteiger partial charge in [0.2, 0.25) is 0 Å². The lowest BCUT2D eigenvalue weighted by atomic mass is 10.0. The molecule has 1 atom stereocenters. The molecule has 9 heteroatoms. The number of nitrogens with one attached hydrogen (secondary N) is 1. The van der Waals surface area contributed by atoms with Crippen molar-refractivity contribution in [2.45, 2.75) is 18.9 Å². The Labute approximate surface area is 189 Å². The number of carbonyl (C=O) groups is 1. The fraction of sp³-hybridized carbons (Fsp3) is 0.217. The molecule has 2 aromatic carbocycles. The van der Waals surface area contributed by atoms with Crippen LogP contribution in [-0.4, -0.2) is 37.8 Å². The van der Waals surface area contributed by atoms with Crippen molar-refractivity contribution in [3.63, 3.8) is 0 Å². The minimum absolute atomic E-state index is 0.0217. The lowest BCUT2D eigenvalue weighted by Gasteiger charge is -2.12. The molecular weight excluding hydrogens is 428 g/mol. The molecular formula is C23H21ClN6O2. The molecule has 0 saturated heterocycles. The maximum atomic E-state index is 13.0. The molecule has 1 aliphatic rings. The summed E-state index contributed by atoms with van der Waals surface area (Å²) in [6.07, 6.45) is 5.20. The first-order valence-electron chi connectivity index (χ1n) is 10.2. The number of benzene rings is 2. The van der Waals surface area contributed by atoms with Gasteiger partial charge in [0.05, 0.1) is 25.0 Å². The molecule has 0 aliphatic carbocycles. The van der Waals surface area contributed by atoms with Crippen molar-refractivity contribution in [2.24, 2.45) is 7.05 Å². The molecule has 0 spiro atoms. The predicted octanol–water partition coefficient (Wildman–Crippen LogP) is 4.13. The highest BCUT2D eigenvalue weighted by molar-refractivity contribution is 6.31. The van der Waals surface area contributed by atoms with Crippen molar-refractivity contribution >= 4 is 23.2 Å². The number of carbonyl (C=O) groups excluding carboxylic acids is 1. The van der Waals surface area contributed by atoms with E-state index in [1.807, 2.05) is 54.3 Å². The first-order valence-corrected chi connectivity index (χ1v) is 10.6. The maximum absolute atomic E-state index is 13.0. The molecule has 1 amide bonds. The van der Waals surface area contributed by atoms with E-state index in [9.17, 15) is 4.79 Å². The Kier molecular flexibility index (Phi) is 5.14. The second kappa shape index (κ2) is 8.12. The van der Waals surface area contributed by atoms with Gasteiger partial charge in [0, 0.05) is 41.1 Å². The van der Waals surface area contributed by atoms with E-state index in [1.54, 1.807) is 24.1 Å². The van der Waals surface area contributed by atoms with Crippen molar-refractivity contribution in [2.75, 3.05) is 12.4 Å². The average Bonchev–Trinajstić information content (AvgIpc) is 3.50. The van der Waals surface area contributed by atoms with Gasteiger partial charge in [0.25, 0.3) is 5.91 Å². The van der Waals surface area contributed by atoms with Gasteiger partial charge in [-0.15, -0.1) is 5.10 Å². The van der Waals surface area contributed by atoms with Crippen molar-refractivity contribution < 1.29 is 9.53 Å². The first kappa shape index (κ1) is 20.3. The van der Waals surface area contributed by atoms with E-state index in [4.69, 9.17) is 16.3 Å². The Hall–Kier alpha value is -3.65. The normalized spacial score (nSPS) is 14.9. The monoisotopic (exact) mass is 448 g/mol. The van der Waals surface area contributed by atoms with E-state index in [1.165, 1.54) is 0 Å². The number of anilines is 1. The van der Waals surface area contributed by atoms with E-state index < -0.39 is 0 Å². The number of rotatable bonds is 5. The van der Waals surface area contributed by atoms with Gasteiger partial charge in [0.15, 0.2) is 5.69 Å². The van der Waals surface area contributed by atoms with Crippen LogP contribution in [0.2, 0.25) is 5.02 Å². The first-order chi connectivity index (χ1) is 15.5. The van der Waals surface area contributed by atoms with Crippen LogP contribution in [0.15, 0.2) is 54.9 Å². The van der Waals surface area contributed by atoms with Crippen LogP contribution < -0.4 is 10.1 Å². The SMILES string of the molecule is COc1cc(NC(=O)c2nnn3c2CCC3c2ccccc2Cl)ccc1-c1cnn(C)c1. The van der Waals surface area contributed by atoms with Gasteiger partial charge in [0.1, 0.15) is 5.75 Å². The molecule has 162 valence electrons. The topological polar surface area (TPSA) is 86.9 Å². The van der Waals surface area contributed by atoms with Crippen LogP contribution in [0, 0.1) is 0 Å². The summed E-state index contributed by atoms with van der Waals surface area (Å²) in [4.78, 5) is 13.0. The quantitative estimate of drug-likeness (QED) is 0.496. The third-order valence-electron chi connectivity index (χ3n) is 5.70. The molecule has 0 saturated carbocycles. The summed E-state index contributed by atoms with van der Waals surface area (Å²) >= 11 is 6.38. The summed E-state index contributed by atoms with van der Waals surface area (Å²) in [5.74, 6) is 0.338. The van der Waals surface area contributed by atoms with Crippen LogP contribution in [0.3, 0.4) is 0 Å². The summed E-state index contributed by atoms with van der Waals surface area (Å²) in [6, 6.07) is 13.2. The standard InChI is InChI=1S/C23H21ClN6O2/c1-29-13-14(12-25-29)16-8-7-15(11-21(16)32-2)26-23(31)22-20-10-9-19(30(20)28-27-22)17-5-3-4-6-18(17)24/h3-8,11-13,19H,9-10H2,1-2H3,(H,26,31). The molecule has 0 radical (unpaired) electrons. The molecule has 4 aromatic rings. The smallest absolute Gasteiger partial charge is 0.278 e. The number of ether oxygens (including phenoxy) is 1. The number of fused-ring (bicyclic) bond motifs is 1. The second-order valence-electron chi connectivity index (χ2n) is 7.68. The Morgan fingerprint density at radius 1 is 1.25 bits per heavy atom. The van der Waals surface area contributed by atoms with Crippen LogP contribution in [-0.2, 0) is 13.5 Å². The van der Waals surface area contributed by atoms with Gasteiger partial charge >= 0.3 is 0 Å². The highest BCUT2D eigenvalue weighted by Crippen LogP contribution is 2.36. The number of methoxy groups -OCH3 is 1. The molecule has 2 aromatic heterocycles. The Morgan fingerprint density at radius 2 is 2.09 bits per heavy atom. The molecule has 1 aliphatic heterocycles. The number of nitrogens with zero attached hydrogens (tertiary/aromatic N) is 5. The summed E-state index contributed by atoms with van der Waals surface area (Å²) in [5, 5.41) is 16.2. The lowest BCUT2D eigenvalue weighted by molar-refractivity contribution is 0.102. The zero-order valence-electron chi connectivity index (χ0n) is 17.6. The maximum Gasteiger partial charge on any atom is 0.278 e. The molecule has 1 N–H and O–H groups in total. The van der Waals surface area contributed by atoms with Gasteiger partial charge in [-0.1, -0.05) is 35.0 Å². The number of aromatic nitrogens is 5. The number of hydrogen-bond acceptors (Lipinski definition) is 5. The van der Waals surface area contributed by atoms with Crippen molar-refractivity contribution in [1.29, 1.82) is 0 Å². The number of halogens is 1. The Balaban J connectivity index is 1.39. The van der Waals surface area contributed by atoms with E-state index in [-0.39, 0.29) is 11.9 Å². The van der Waals surface area contributed by atoms with Crippen molar-refractivity contribution in [1.82, 2.24) is 24.8 Å². The lowest BCUT2D eigenvalue weighted by Crippen LogP contribution is -2.14. The van der Waals surface area contributed by atoms with E-state index >= 15 is 0 Å². The number of aryl methyl sites for hydroxylation is 1. The van der Waals surface area contributed by atoms with Crippen molar-refractivity contribution in [3.05, 3.63) is 76.8 Å². The molecule has 0 bridgehead atoms. The van der Waals surface area contributed by atoms with E-state index in [0.29, 0.717) is 28.6 Å². The third kappa shape index (κ3) is 3.52. The average molecular weight is 449 g/mol. The minimum Gasteiger partial charge on any atom is -0.496 e. The fourth-order valence-corrected chi connectivity index (χ4v) is 4.42. The molecule has 8 nitrogen and oxygen atoms in total. The van der Waals surface area contributed by atoms with Crippen LogP contribution in [0.4, 0.5) is 5.69 Å². The highest BCUT2D eigenvalue weighted by Gasteiger charge is 2.31. The summed E-state index contributed by atoms with van der Waals surface area (Å²) in [5.41, 5.74) is 4.57. The minimum atomic E-state index is -0.303. The van der Waals surface area contributed by atoms with Gasteiger partial charge in [-0.2, -0.15) is 5.10 Å². The summed E-state index contributed by atoms with van der Waals surface area (Å²) in [7, 11) is 3.46. The Bertz CT molecular complexity index is 1310. The molecule has 3 heterocycles. The molecule has 1 unspecified atom stereocenters. The van der Waals surface area contributed by atoms with Crippen LogP contribution in [0.25, 0.3) is 11.1 Å². The zero-order valence-corrected chi connectivity index (χ0v) is 18.4. The number of amides is 1. The molecule has 32 heavy (non-hydrogen) atoms. The Morgan fingerprint density at radius 3 is 2.84 bits per heavy atom. The van der Waals surface area contributed by atoms with Crippen LogP contribution in [0.1, 0.15) is 34.2 Å². The zero-order chi connectivity index (χ0) is 22.2. The van der Waals surface area contributed by atoms with E-state index in [0.717, 1.165) is 28.8 Å². The fourth-order valence-electron chi connectivity index (χ4n) is 4.16. The van der Waals surface area contributed by atoms with Gasteiger partial charge in [-0.3, -0.25) is 9.48 Å². The van der Waals surface area contributed by atoms with Gasteiger partial charge in [-0.05, 0) is 36.6 Å². The van der Waals surface area contributed by atoms with Gasteiger partial charge < -0.3 is 10.1 Å². The largest absolute Gasteiger partial charge is 0.496 e. The van der Waals surface area contributed by atoms with Crippen LogP contribution in [0.5, 0.6) is 5.75 Å². The molecule has 0 fully saturated rings. The summed E-state index contributed by atoms with van der Waals surface area (Å²) in [6.45, 7) is 0. The second-order valence-corrected chi connectivity index (χ2v) is 8.08. The summed E-state index contributed by atoms with van der Waals surface area (Å²) < 4.78 is 9.07. The third-order valence-corrected chi connectivity index (χ3v) is 6.04. The predicted molar refractivity (Wildman–Crippen MR) is 121 cm³/mol. The van der Waals surface area contributed by atoms with E-state index in [2.05, 4.69) is 20.7 Å². The molecule has 5 rings (SSSR count). The number of hydrogen-bond donors (Lipinski definition) is 1. The van der Waals surface area contributed by atoms with Crippen molar-refractivity contribution in [3.8, 4) is 16.9 Å².